The van der Waals surface area contributed by atoms with Gasteiger partial charge in [-0.1, -0.05) is 24.3 Å². The van der Waals surface area contributed by atoms with Gasteiger partial charge < -0.3 is 15.4 Å². The lowest BCUT2D eigenvalue weighted by Crippen LogP contribution is -2.43. The third-order valence-corrected chi connectivity index (χ3v) is 5.59. The molecular weight excluding hydrogens is 346 g/mol. The summed E-state index contributed by atoms with van der Waals surface area (Å²) in [6, 6.07) is 15.8. The number of carbonyl (C=O) groups is 1. The Hall–Kier alpha value is -2.44. The van der Waals surface area contributed by atoms with Crippen molar-refractivity contribution < 1.29 is 9.53 Å². The molecule has 1 saturated heterocycles. The number of urea groups is 1. The third kappa shape index (κ3) is 3.71. The molecule has 134 valence electrons. The Balaban J connectivity index is 1.53. The molecule has 4 rings (SSSR count). The number of fused-ring (bicyclic) bond motifs is 1. The molecule has 0 bridgehead atoms. The van der Waals surface area contributed by atoms with Crippen molar-refractivity contribution in [3.8, 4) is 10.6 Å². The summed E-state index contributed by atoms with van der Waals surface area (Å²) in [4.78, 5) is 17.2. The van der Waals surface area contributed by atoms with Crippen molar-refractivity contribution in [2.45, 2.75) is 31.9 Å². The zero-order chi connectivity index (χ0) is 17.9. The smallest absolute Gasteiger partial charge is 0.319 e. The van der Waals surface area contributed by atoms with E-state index in [9.17, 15) is 4.79 Å². The van der Waals surface area contributed by atoms with Gasteiger partial charge in [0.25, 0.3) is 0 Å². The first-order valence-corrected chi connectivity index (χ1v) is 9.65. The number of rotatable bonds is 3. The second-order valence-corrected chi connectivity index (χ2v) is 7.56. The highest BCUT2D eigenvalue weighted by Crippen LogP contribution is 2.34. The summed E-state index contributed by atoms with van der Waals surface area (Å²) in [7, 11) is 0. The van der Waals surface area contributed by atoms with Gasteiger partial charge in [-0.05, 0) is 44.0 Å². The Morgan fingerprint density at radius 1 is 1.19 bits per heavy atom. The molecule has 0 saturated carbocycles. The Morgan fingerprint density at radius 2 is 2.00 bits per heavy atom. The predicted octanol–water partition coefficient (Wildman–Crippen LogP) is 4.65. The van der Waals surface area contributed by atoms with Crippen LogP contribution in [0.1, 0.15) is 19.8 Å². The molecule has 0 spiro atoms. The van der Waals surface area contributed by atoms with Gasteiger partial charge in [-0.2, -0.15) is 0 Å². The number of amides is 2. The largest absolute Gasteiger partial charge is 0.378 e. The first kappa shape index (κ1) is 17.0. The van der Waals surface area contributed by atoms with Gasteiger partial charge in [-0.15, -0.1) is 11.3 Å². The fourth-order valence-corrected chi connectivity index (χ4v) is 4.24. The molecule has 2 amide bonds. The van der Waals surface area contributed by atoms with Gasteiger partial charge in [-0.3, -0.25) is 0 Å². The summed E-state index contributed by atoms with van der Waals surface area (Å²) >= 11 is 1.63. The minimum absolute atomic E-state index is 0.147. The summed E-state index contributed by atoms with van der Waals surface area (Å²) in [6.45, 7) is 2.72. The van der Waals surface area contributed by atoms with E-state index in [4.69, 9.17) is 9.72 Å². The van der Waals surface area contributed by atoms with E-state index in [1.807, 2.05) is 49.4 Å². The number of anilines is 1. The number of ether oxygens (including phenoxy) is 1. The fraction of sp³-hybridized carbons (Fsp3) is 0.300. The normalized spacial score (nSPS) is 20.0. The van der Waals surface area contributed by atoms with Crippen molar-refractivity contribution in [2.75, 3.05) is 11.9 Å². The SMILES string of the molecule is C[C@@H]1C[C@H](NC(=O)Nc2ccccc2-c2nc3ccccc3s2)CCO1. The van der Waals surface area contributed by atoms with Crippen LogP contribution in [-0.4, -0.2) is 29.8 Å². The van der Waals surface area contributed by atoms with E-state index >= 15 is 0 Å². The molecule has 1 fully saturated rings. The van der Waals surface area contributed by atoms with Crippen LogP contribution in [0.3, 0.4) is 0 Å². The van der Waals surface area contributed by atoms with Crippen LogP contribution in [0.4, 0.5) is 10.5 Å². The summed E-state index contributed by atoms with van der Waals surface area (Å²) in [5, 5.41) is 6.95. The van der Waals surface area contributed by atoms with Gasteiger partial charge >= 0.3 is 6.03 Å². The van der Waals surface area contributed by atoms with Crippen molar-refractivity contribution >= 4 is 33.3 Å². The monoisotopic (exact) mass is 367 g/mol. The average molecular weight is 367 g/mol. The lowest BCUT2D eigenvalue weighted by molar-refractivity contribution is 0.0157. The lowest BCUT2D eigenvalue weighted by Gasteiger charge is -2.28. The van der Waals surface area contributed by atoms with Crippen LogP contribution >= 0.6 is 11.3 Å². The van der Waals surface area contributed by atoms with Crippen molar-refractivity contribution in [1.82, 2.24) is 10.3 Å². The molecule has 5 nitrogen and oxygen atoms in total. The number of nitrogens with zero attached hydrogens (tertiary/aromatic N) is 1. The Labute approximate surface area is 156 Å². The highest BCUT2D eigenvalue weighted by atomic mass is 32.1. The van der Waals surface area contributed by atoms with Gasteiger partial charge in [0.05, 0.1) is 22.0 Å². The van der Waals surface area contributed by atoms with Crippen LogP contribution in [0.5, 0.6) is 0 Å². The topological polar surface area (TPSA) is 63.2 Å². The maximum atomic E-state index is 12.5. The molecule has 3 aromatic rings. The van der Waals surface area contributed by atoms with E-state index in [-0.39, 0.29) is 18.2 Å². The molecule has 0 unspecified atom stereocenters. The standard InChI is InChI=1S/C20H21N3O2S/c1-13-12-14(10-11-25-13)21-20(24)23-16-7-3-2-6-15(16)19-22-17-8-4-5-9-18(17)26-19/h2-9,13-14H,10-12H2,1H3,(H2,21,23,24)/t13-,14-/m1/s1. The van der Waals surface area contributed by atoms with E-state index in [0.29, 0.717) is 6.61 Å². The van der Waals surface area contributed by atoms with Crippen molar-refractivity contribution in [2.24, 2.45) is 0 Å². The number of nitrogens with one attached hydrogen (secondary N) is 2. The van der Waals surface area contributed by atoms with Gasteiger partial charge in [0.15, 0.2) is 0 Å². The lowest BCUT2D eigenvalue weighted by atomic mass is 10.0. The first-order valence-electron chi connectivity index (χ1n) is 8.83. The van der Waals surface area contributed by atoms with Crippen LogP contribution in [0.25, 0.3) is 20.8 Å². The molecule has 2 atom stereocenters. The fourth-order valence-electron chi connectivity index (χ4n) is 3.24. The number of thiazole rings is 1. The Kier molecular flexibility index (Phi) is 4.86. The minimum Gasteiger partial charge on any atom is -0.378 e. The summed E-state index contributed by atoms with van der Waals surface area (Å²) in [5.41, 5.74) is 2.68. The van der Waals surface area contributed by atoms with E-state index in [2.05, 4.69) is 16.7 Å². The molecule has 2 aromatic carbocycles. The summed E-state index contributed by atoms with van der Waals surface area (Å²) < 4.78 is 6.67. The van der Waals surface area contributed by atoms with Crippen LogP contribution in [-0.2, 0) is 4.74 Å². The molecule has 1 aromatic heterocycles. The predicted molar refractivity (Wildman–Crippen MR) is 106 cm³/mol. The number of benzene rings is 2. The summed E-state index contributed by atoms with van der Waals surface area (Å²) in [5.74, 6) is 0. The van der Waals surface area contributed by atoms with E-state index in [1.54, 1.807) is 11.3 Å². The second kappa shape index (κ2) is 7.43. The van der Waals surface area contributed by atoms with Gasteiger partial charge in [-0.25, -0.2) is 9.78 Å². The molecule has 6 heteroatoms. The Bertz CT molecular complexity index is 891. The maximum Gasteiger partial charge on any atom is 0.319 e. The number of para-hydroxylation sites is 2. The van der Waals surface area contributed by atoms with E-state index in [1.165, 1.54) is 0 Å². The zero-order valence-electron chi connectivity index (χ0n) is 14.6. The second-order valence-electron chi connectivity index (χ2n) is 6.53. The zero-order valence-corrected chi connectivity index (χ0v) is 15.4. The molecule has 1 aliphatic heterocycles. The Morgan fingerprint density at radius 3 is 2.85 bits per heavy atom. The van der Waals surface area contributed by atoms with E-state index in [0.717, 1.165) is 39.3 Å². The number of carbonyl (C=O) groups excluding carboxylic acids is 1. The molecule has 2 N–H and O–H groups in total. The summed E-state index contributed by atoms with van der Waals surface area (Å²) in [6.07, 6.45) is 1.87. The number of hydrogen-bond donors (Lipinski definition) is 2. The molecule has 2 heterocycles. The number of hydrogen-bond acceptors (Lipinski definition) is 4. The first-order chi connectivity index (χ1) is 12.7. The third-order valence-electron chi connectivity index (χ3n) is 4.52. The van der Waals surface area contributed by atoms with Crippen molar-refractivity contribution in [3.05, 3.63) is 48.5 Å². The quantitative estimate of drug-likeness (QED) is 0.708. The minimum atomic E-state index is -0.183. The van der Waals surface area contributed by atoms with Crippen molar-refractivity contribution in [3.63, 3.8) is 0 Å². The van der Waals surface area contributed by atoms with Gasteiger partial charge in [0, 0.05) is 18.2 Å². The molecule has 1 aliphatic rings. The van der Waals surface area contributed by atoms with Gasteiger partial charge in [0.2, 0.25) is 0 Å². The molecule has 0 radical (unpaired) electrons. The molecule has 26 heavy (non-hydrogen) atoms. The maximum absolute atomic E-state index is 12.5. The van der Waals surface area contributed by atoms with Crippen LogP contribution in [0.2, 0.25) is 0 Å². The number of aromatic nitrogens is 1. The van der Waals surface area contributed by atoms with Crippen LogP contribution < -0.4 is 10.6 Å². The molecular formula is C20H21N3O2S. The van der Waals surface area contributed by atoms with Gasteiger partial charge in [0.1, 0.15) is 5.01 Å². The van der Waals surface area contributed by atoms with Crippen LogP contribution in [0.15, 0.2) is 48.5 Å². The highest BCUT2D eigenvalue weighted by molar-refractivity contribution is 7.21. The molecule has 0 aliphatic carbocycles. The highest BCUT2D eigenvalue weighted by Gasteiger charge is 2.21. The average Bonchev–Trinajstić information content (AvgIpc) is 3.06. The van der Waals surface area contributed by atoms with E-state index < -0.39 is 0 Å². The van der Waals surface area contributed by atoms with Crippen LogP contribution in [0, 0.1) is 0 Å². The van der Waals surface area contributed by atoms with Crippen molar-refractivity contribution in [1.29, 1.82) is 0 Å².